The molecule has 0 bridgehead atoms. The minimum atomic E-state index is -4.94. The van der Waals surface area contributed by atoms with Crippen LogP contribution in [0.4, 0.5) is 0 Å². The van der Waals surface area contributed by atoms with Crippen LogP contribution in [0, 0.1) is 11.8 Å². The van der Waals surface area contributed by atoms with Crippen molar-refractivity contribution in [1.82, 2.24) is 0 Å². The molecule has 2 aliphatic carbocycles. The number of halogens is 2. The van der Waals surface area contributed by atoms with Crippen LogP contribution < -0.4 is 10.4 Å². The van der Waals surface area contributed by atoms with Gasteiger partial charge in [-0.15, -0.1) is 0 Å². The molecule has 6 rings (SSSR count). The molecule has 0 saturated carbocycles. The van der Waals surface area contributed by atoms with Gasteiger partial charge in [0, 0.05) is 0 Å². The van der Waals surface area contributed by atoms with E-state index in [2.05, 4.69) is 177 Å². The Kier molecular flexibility index (Phi) is 10.2. The Bertz CT molecular complexity index is 1880. The van der Waals surface area contributed by atoms with Gasteiger partial charge in [-0.05, 0) is 0 Å². The maximum atomic E-state index is 8.85. The first kappa shape index (κ1) is 38.2. The summed E-state index contributed by atoms with van der Waals surface area (Å²) in [4.78, 5) is 0. The van der Waals surface area contributed by atoms with E-state index in [1.54, 1.807) is 0 Å². The molecule has 4 aromatic rings. The van der Waals surface area contributed by atoms with Crippen molar-refractivity contribution in [3.05, 3.63) is 118 Å². The quantitative estimate of drug-likeness (QED) is 0.147. The third-order valence-corrected chi connectivity index (χ3v) is 67.6. The van der Waals surface area contributed by atoms with E-state index in [0.29, 0.717) is 11.8 Å². The van der Waals surface area contributed by atoms with Crippen LogP contribution in [0.15, 0.2) is 96.1 Å². The Labute approximate surface area is 314 Å². The van der Waals surface area contributed by atoms with Crippen molar-refractivity contribution in [3.8, 4) is 22.3 Å². The Morgan fingerprint density at radius 2 is 0.860 bits per heavy atom. The predicted octanol–water partition coefficient (Wildman–Crippen LogP) is 13.0. The minimum absolute atomic E-state index is 0.0801. The number of allylic oxidation sites excluding steroid dienone is 2. The standard InChI is InChI=1S/2C21H25Si.C2H7Si.2ClH.Zr/c2*1-15(2)17-13-16-9-8-11-18(20(16)14-17)19-10-6-7-12-21(19)22(3,4)5;1-3-2;;;/h2*6-15H,1-5H3;3H,1-2H3;2*1H;/q;;;;;+2/p-2. The van der Waals surface area contributed by atoms with Crippen LogP contribution in [0.1, 0.15) is 57.2 Å². The van der Waals surface area contributed by atoms with E-state index in [9.17, 15) is 0 Å². The fourth-order valence-electron chi connectivity index (χ4n) is 9.13. The molecule has 0 saturated heterocycles. The van der Waals surface area contributed by atoms with Crippen LogP contribution >= 0.6 is 17.0 Å². The summed E-state index contributed by atoms with van der Waals surface area (Å²) >= 11 is -4.94. The average molecular weight is 832 g/mol. The van der Waals surface area contributed by atoms with E-state index in [0.717, 1.165) is 0 Å². The van der Waals surface area contributed by atoms with Gasteiger partial charge in [-0.2, -0.15) is 0 Å². The second kappa shape index (κ2) is 13.4. The molecule has 0 radical (unpaired) electrons. The molecule has 0 heterocycles. The number of hydrogen-bond donors (Lipinski definition) is 0. The summed E-state index contributed by atoms with van der Waals surface area (Å²) in [6.07, 6.45) is 5.07. The van der Waals surface area contributed by atoms with Gasteiger partial charge in [0.25, 0.3) is 0 Å². The van der Waals surface area contributed by atoms with E-state index in [-0.39, 0.29) is 7.25 Å². The normalized spacial score (nSPS) is 18.6. The molecular weight excluding hydrogens is 775 g/mol. The van der Waals surface area contributed by atoms with Crippen LogP contribution in [0.3, 0.4) is 0 Å². The molecule has 4 aromatic carbocycles. The van der Waals surface area contributed by atoms with E-state index in [1.807, 2.05) is 0 Å². The van der Waals surface area contributed by atoms with Gasteiger partial charge in [0.05, 0.1) is 0 Å². The number of rotatable bonds is 9. The van der Waals surface area contributed by atoms with Gasteiger partial charge in [0.2, 0.25) is 0 Å². The molecule has 50 heavy (non-hydrogen) atoms. The first-order valence-electron chi connectivity index (χ1n) is 18.7. The van der Waals surface area contributed by atoms with Gasteiger partial charge in [-0.3, -0.25) is 0 Å². The summed E-state index contributed by atoms with van der Waals surface area (Å²) in [5.74, 6) is -0.998. The molecule has 2 atom stereocenters. The third kappa shape index (κ3) is 6.20. The van der Waals surface area contributed by atoms with Crippen molar-refractivity contribution < 1.29 is 15.6 Å². The van der Waals surface area contributed by atoms with Crippen LogP contribution in [-0.2, 0) is 15.6 Å². The number of benzene rings is 4. The number of fused-ring (bicyclic) bond motifs is 2. The molecular formula is C44H57Cl2Si3Zr. The van der Waals surface area contributed by atoms with Crippen LogP contribution in [0.25, 0.3) is 34.4 Å². The van der Waals surface area contributed by atoms with Gasteiger partial charge in [-0.1, -0.05) is 0 Å². The zero-order chi connectivity index (χ0) is 36.6. The van der Waals surface area contributed by atoms with E-state index in [1.165, 1.54) is 66.0 Å². The Hall–Kier alpha value is -1.53. The Balaban J connectivity index is 1.64. The van der Waals surface area contributed by atoms with Crippen LogP contribution in [-0.4, -0.2) is 22.1 Å². The second-order valence-electron chi connectivity index (χ2n) is 18.1. The molecule has 0 amide bonds. The summed E-state index contributed by atoms with van der Waals surface area (Å²) in [5.41, 5.74) is 13.8. The average Bonchev–Trinajstić information content (AvgIpc) is 3.65. The van der Waals surface area contributed by atoms with Crippen molar-refractivity contribution in [2.75, 3.05) is 0 Å². The predicted molar refractivity (Wildman–Crippen MR) is 231 cm³/mol. The Morgan fingerprint density at radius 3 is 1.18 bits per heavy atom. The summed E-state index contributed by atoms with van der Waals surface area (Å²) in [7, 11) is 14.5. The fourth-order valence-corrected chi connectivity index (χ4v) is 43.9. The first-order chi connectivity index (χ1) is 23.3. The number of hydrogen-bond acceptors (Lipinski definition) is 0. The van der Waals surface area contributed by atoms with Crippen LogP contribution in [0.2, 0.25) is 52.4 Å². The van der Waals surface area contributed by atoms with Crippen molar-refractivity contribution in [3.63, 3.8) is 0 Å². The van der Waals surface area contributed by atoms with Gasteiger partial charge < -0.3 is 0 Å². The third-order valence-electron chi connectivity index (χ3n) is 11.8. The molecule has 0 fully saturated rings. The molecule has 0 nitrogen and oxygen atoms in total. The summed E-state index contributed by atoms with van der Waals surface area (Å²) in [6.45, 7) is 29.1. The molecule has 0 N–H and O–H groups in total. The van der Waals surface area contributed by atoms with Gasteiger partial charge >= 0.3 is 317 Å². The zero-order valence-corrected chi connectivity index (χ0v) is 39.5. The fraction of sp³-hybridized carbons (Fsp3) is 0.364. The van der Waals surface area contributed by atoms with Crippen molar-refractivity contribution in [2.24, 2.45) is 11.8 Å². The van der Waals surface area contributed by atoms with Crippen LogP contribution in [0.5, 0.6) is 0 Å². The summed E-state index contributed by atoms with van der Waals surface area (Å²) in [5, 5.41) is 3.02. The van der Waals surface area contributed by atoms with Crippen molar-refractivity contribution in [2.45, 2.75) is 87.3 Å². The molecule has 0 spiro atoms. The van der Waals surface area contributed by atoms with E-state index in [4.69, 9.17) is 17.0 Å². The van der Waals surface area contributed by atoms with Crippen molar-refractivity contribution >= 4 is 61.6 Å². The first-order valence-corrected chi connectivity index (χ1v) is 42.1. The molecule has 2 unspecified atom stereocenters. The second-order valence-corrected chi connectivity index (χ2v) is 70.6. The SMILES string of the molecule is CC(C)C1=Cc2c(-c3ccccc3[Si](C)(C)C)cccc2[CH]1[Zr]([Cl])([Cl])([CH]1C(C(C)C)=Cc2c(-c3ccccc3[Si](C)(C)C)cccc21)[SiH](C)C. The van der Waals surface area contributed by atoms with Crippen molar-refractivity contribution in [1.29, 1.82) is 0 Å². The van der Waals surface area contributed by atoms with Gasteiger partial charge in [-0.25, -0.2) is 0 Å². The summed E-state index contributed by atoms with van der Waals surface area (Å²) in [6, 6.07) is 32.3. The van der Waals surface area contributed by atoms with E-state index < -0.39 is 37.6 Å². The summed E-state index contributed by atoms with van der Waals surface area (Å²) < 4.78 is 0.160. The molecule has 2 aliphatic rings. The van der Waals surface area contributed by atoms with Gasteiger partial charge in [0.1, 0.15) is 0 Å². The zero-order valence-electron chi connectivity index (χ0n) is 32.4. The molecule has 0 aliphatic heterocycles. The monoisotopic (exact) mass is 829 g/mol. The maximum absolute atomic E-state index is 8.85. The Morgan fingerprint density at radius 1 is 0.520 bits per heavy atom. The molecule has 263 valence electrons. The topological polar surface area (TPSA) is 0 Å². The van der Waals surface area contributed by atoms with E-state index >= 15 is 0 Å². The molecule has 0 aromatic heterocycles. The van der Waals surface area contributed by atoms with Gasteiger partial charge in [0.15, 0.2) is 0 Å². The molecule has 6 heteroatoms.